The summed E-state index contributed by atoms with van der Waals surface area (Å²) in [6.45, 7) is 20.6. The normalized spacial score (nSPS) is 32.5. The Hall–Kier alpha value is -0.383. The lowest BCUT2D eigenvalue weighted by Crippen LogP contribution is -2.54. The molecule has 2 aliphatic carbocycles. The lowest BCUT2D eigenvalue weighted by molar-refractivity contribution is -0.0862. The molecule has 1 unspecified atom stereocenters. The molecule has 0 heterocycles. The van der Waals surface area contributed by atoms with Crippen molar-refractivity contribution in [2.75, 3.05) is 0 Å². The Morgan fingerprint density at radius 3 is 2.33 bits per heavy atom. The van der Waals surface area contributed by atoms with Crippen LogP contribution in [0.1, 0.15) is 93.4 Å². The molecular weight excluding hydrogens is 384 g/mol. The topological polar surface area (TPSA) is 29.5 Å². The van der Waals surface area contributed by atoms with Gasteiger partial charge in [0.05, 0.1) is 5.60 Å². The van der Waals surface area contributed by atoms with Gasteiger partial charge in [0.2, 0.25) is 0 Å². The van der Waals surface area contributed by atoms with E-state index in [0.29, 0.717) is 17.4 Å². The highest BCUT2D eigenvalue weighted by molar-refractivity contribution is 6.74. The number of allylic oxidation sites excluding steroid dienone is 3. The predicted molar refractivity (Wildman–Crippen MR) is 133 cm³/mol. The van der Waals surface area contributed by atoms with Crippen molar-refractivity contribution in [3.63, 3.8) is 0 Å². The fraction of sp³-hybridized carbons (Fsp3) is 0.852. The van der Waals surface area contributed by atoms with Gasteiger partial charge in [-0.15, -0.1) is 0 Å². The number of fused-ring (bicyclic) bond motifs is 1. The summed E-state index contributed by atoms with van der Waals surface area (Å²) in [6, 6.07) is 0. The van der Waals surface area contributed by atoms with Gasteiger partial charge in [0.15, 0.2) is 8.32 Å². The van der Waals surface area contributed by atoms with Crippen LogP contribution in [0.15, 0.2) is 24.3 Å². The number of aliphatic hydroxyl groups is 1. The third-order valence-electron chi connectivity index (χ3n) is 8.58. The highest BCUT2D eigenvalue weighted by atomic mass is 28.4. The molecule has 0 amide bonds. The van der Waals surface area contributed by atoms with Crippen molar-refractivity contribution in [1.29, 1.82) is 0 Å². The first-order valence-corrected chi connectivity index (χ1v) is 15.3. The Labute approximate surface area is 188 Å². The first-order chi connectivity index (χ1) is 13.7. The Bertz CT molecular complexity index is 607. The maximum Gasteiger partial charge on any atom is 0.192 e. The van der Waals surface area contributed by atoms with Gasteiger partial charge >= 0.3 is 0 Å². The number of hydrogen-bond acceptors (Lipinski definition) is 2. The van der Waals surface area contributed by atoms with Crippen LogP contribution in [0, 0.1) is 23.2 Å². The first-order valence-electron chi connectivity index (χ1n) is 12.4. The molecule has 0 aromatic heterocycles. The van der Waals surface area contributed by atoms with Gasteiger partial charge in [-0.3, -0.25) is 0 Å². The maximum atomic E-state index is 9.82. The molecule has 2 fully saturated rings. The Balaban J connectivity index is 2.09. The average Bonchev–Trinajstić information content (AvgIpc) is 2.58. The minimum absolute atomic E-state index is 0.281. The molecule has 0 saturated heterocycles. The van der Waals surface area contributed by atoms with E-state index in [9.17, 15) is 5.11 Å². The third-order valence-corrected chi connectivity index (χ3v) is 13.1. The second-order valence-electron chi connectivity index (χ2n) is 12.6. The zero-order valence-electron chi connectivity index (χ0n) is 21.4. The molecule has 2 aliphatic rings. The lowest BCUT2D eigenvalue weighted by Gasteiger charge is -2.56. The van der Waals surface area contributed by atoms with Gasteiger partial charge in [0, 0.05) is 6.10 Å². The van der Waals surface area contributed by atoms with E-state index in [1.54, 1.807) is 0 Å². The van der Waals surface area contributed by atoms with Crippen LogP contribution in [-0.2, 0) is 4.43 Å². The Morgan fingerprint density at radius 1 is 1.07 bits per heavy atom. The Kier molecular flexibility index (Phi) is 8.30. The van der Waals surface area contributed by atoms with E-state index in [4.69, 9.17) is 4.43 Å². The molecule has 174 valence electrons. The van der Waals surface area contributed by atoms with E-state index in [2.05, 4.69) is 59.9 Å². The van der Waals surface area contributed by atoms with Gasteiger partial charge < -0.3 is 9.53 Å². The molecule has 0 bridgehead atoms. The van der Waals surface area contributed by atoms with E-state index in [-0.39, 0.29) is 5.04 Å². The van der Waals surface area contributed by atoms with E-state index in [1.165, 1.54) is 38.5 Å². The summed E-state index contributed by atoms with van der Waals surface area (Å²) in [4.78, 5) is 0. The summed E-state index contributed by atoms with van der Waals surface area (Å²) in [5.74, 6) is 2.20. The third kappa shape index (κ3) is 6.33. The number of rotatable bonds is 7. The zero-order chi connectivity index (χ0) is 22.8. The van der Waals surface area contributed by atoms with Gasteiger partial charge in [0.1, 0.15) is 0 Å². The fourth-order valence-corrected chi connectivity index (χ4v) is 7.21. The predicted octanol–water partition coefficient (Wildman–Crippen LogP) is 7.89. The smallest absolute Gasteiger partial charge is 0.192 e. The molecule has 5 atom stereocenters. The minimum Gasteiger partial charge on any atom is -0.414 e. The summed E-state index contributed by atoms with van der Waals surface area (Å²) in [7, 11) is -1.74. The molecule has 0 aliphatic heterocycles. The van der Waals surface area contributed by atoms with E-state index in [1.807, 2.05) is 26.0 Å². The molecule has 2 saturated carbocycles. The van der Waals surface area contributed by atoms with Crippen LogP contribution >= 0.6 is 0 Å². The van der Waals surface area contributed by atoms with Crippen LogP contribution in [0.25, 0.3) is 0 Å². The summed E-state index contributed by atoms with van der Waals surface area (Å²) >= 11 is 0. The van der Waals surface area contributed by atoms with Gasteiger partial charge in [-0.1, -0.05) is 71.8 Å². The molecule has 2 nitrogen and oxygen atoms in total. The van der Waals surface area contributed by atoms with Crippen LogP contribution < -0.4 is 0 Å². The minimum atomic E-state index is -1.74. The van der Waals surface area contributed by atoms with Crippen LogP contribution in [0.4, 0.5) is 0 Å². The van der Waals surface area contributed by atoms with Crippen LogP contribution in [-0.4, -0.2) is 25.1 Å². The largest absolute Gasteiger partial charge is 0.414 e. The van der Waals surface area contributed by atoms with Crippen molar-refractivity contribution in [3.05, 3.63) is 24.3 Å². The van der Waals surface area contributed by atoms with Crippen molar-refractivity contribution >= 4 is 8.32 Å². The van der Waals surface area contributed by atoms with E-state index >= 15 is 0 Å². The SMILES string of the molecule is CC(C/C=C/C=C/C(C)(C)O)[C@H]1CCC[C@H]2[C@@H](O[Si](C)(C)C(C)(C)C)CCC[C@]12C. The van der Waals surface area contributed by atoms with Crippen molar-refractivity contribution in [2.45, 2.75) is 123 Å². The summed E-state index contributed by atoms with van der Waals surface area (Å²) in [5.41, 5.74) is -0.318. The van der Waals surface area contributed by atoms with E-state index < -0.39 is 13.9 Å². The standard InChI is InChI=1S/C27H50O2Si/c1-21(15-11-10-12-19-26(5,6)28)22-16-13-17-23-24(18-14-20-27(22,23)7)29-30(8,9)25(2,3)4/h10-12,19,21-24,28H,13-18,20H2,1-9H3/b11-10+,19-12+/t21?,22-,23+,24+,27-/m1/s1. The van der Waals surface area contributed by atoms with Crippen molar-refractivity contribution in [1.82, 2.24) is 0 Å². The molecule has 3 heteroatoms. The summed E-state index contributed by atoms with van der Waals surface area (Å²) in [5, 5.41) is 10.1. The second-order valence-corrected chi connectivity index (χ2v) is 17.4. The second kappa shape index (κ2) is 9.63. The summed E-state index contributed by atoms with van der Waals surface area (Å²) in [6.07, 6.45) is 17.9. The fourth-order valence-electron chi connectivity index (χ4n) is 5.82. The highest BCUT2D eigenvalue weighted by Gasteiger charge is 2.52. The van der Waals surface area contributed by atoms with Crippen molar-refractivity contribution in [2.24, 2.45) is 23.2 Å². The highest BCUT2D eigenvalue weighted by Crippen LogP contribution is 2.57. The molecule has 0 aromatic rings. The molecule has 0 aromatic carbocycles. The molecular formula is C27H50O2Si. The van der Waals surface area contributed by atoms with Gasteiger partial charge in [0.25, 0.3) is 0 Å². The Morgan fingerprint density at radius 2 is 1.73 bits per heavy atom. The lowest BCUT2D eigenvalue weighted by atomic mass is 9.52. The monoisotopic (exact) mass is 434 g/mol. The quantitative estimate of drug-likeness (QED) is 0.326. The maximum absolute atomic E-state index is 9.82. The first kappa shape index (κ1) is 25.9. The van der Waals surface area contributed by atoms with Gasteiger partial charge in [-0.25, -0.2) is 0 Å². The van der Waals surface area contributed by atoms with Crippen molar-refractivity contribution < 1.29 is 9.53 Å². The molecule has 0 radical (unpaired) electrons. The summed E-state index contributed by atoms with van der Waals surface area (Å²) < 4.78 is 7.04. The van der Waals surface area contributed by atoms with Gasteiger partial charge in [-0.2, -0.15) is 0 Å². The average molecular weight is 435 g/mol. The van der Waals surface area contributed by atoms with E-state index in [0.717, 1.165) is 18.3 Å². The van der Waals surface area contributed by atoms with Crippen LogP contribution in [0.3, 0.4) is 0 Å². The zero-order valence-corrected chi connectivity index (χ0v) is 22.4. The van der Waals surface area contributed by atoms with Gasteiger partial charge in [-0.05, 0) is 87.3 Å². The van der Waals surface area contributed by atoms with Crippen LogP contribution in [0.5, 0.6) is 0 Å². The molecule has 2 rings (SSSR count). The molecule has 0 spiro atoms. The van der Waals surface area contributed by atoms with Crippen molar-refractivity contribution in [3.8, 4) is 0 Å². The van der Waals surface area contributed by atoms with Crippen LogP contribution in [0.2, 0.25) is 18.1 Å². The molecule has 30 heavy (non-hydrogen) atoms. The number of hydrogen-bond donors (Lipinski definition) is 1. The molecule has 1 N–H and O–H groups in total.